The molecule has 0 amide bonds. The van der Waals surface area contributed by atoms with E-state index in [0.717, 1.165) is 9.37 Å². The van der Waals surface area contributed by atoms with Crippen molar-refractivity contribution >= 4 is 32.5 Å². The molecule has 4 heteroatoms. The van der Waals surface area contributed by atoms with Gasteiger partial charge in [-0.2, -0.15) is 0 Å². The van der Waals surface area contributed by atoms with Gasteiger partial charge in [-0.15, -0.1) is 0 Å². The fourth-order valence-corrected chi connectivity index (χ4v) is 3.45. The van der Waals surface area contributed by atoms with Crippen LogP contribution in [0.5, 0.6) is 0 Å². The normalized spacial score (nSPS) is 17.1. The highest BCUT2D eigenvalue weighted by Gasteiger charge is 2.32. The van der Waals surface area contributed by atoms with Gasteiger partial charge in [-0.3, -0.25) is 9.00 Å². The SMILES string of the molecule is CC.O=C1CC(S(=O)c2cccc(Br)c2)C1. The molecule has 1 aliphatic rings. The Morgan fingerprint density at radius 3 is 2.44 bits per heavy atom. The number of hydrogen-bond donors (Lipinski definition) is 0. The third kappa shape index (κ3) is 3.25. The van der Waals surface area contributed by atoms with Gasteiger partial charge >= 0.3 is 0 Å². The van der Waals surface area contributed by atoms with Gasteiger partial charge in [-0.05, 0) is 18.2 Å². The summed E-state index contributed by atoms with van der Waals surface area (Å²) in [5.74, 6) is 0.221. The van der Waals surface area contributed by atoms with Gasteiger partial charge in [0.2, 0.25) is 0 Å². The summed E-state index contributed by atoms with van der Waals surface area (Å²) in [6.07, 6.45) is 0.943. The lowest BCUT2D eigenvalue weighted by Crippen LogP contribution is -2.32. The van der Waals surface area contributed by atoms with Gasteiger partial charge in [-0.25, -0.2) is 0 Å². The number of carbonyl (C=O) groups excluding carboxylic acids is 1. The van der Waals surface area contributed by atoms with Crippen LogP contribution in [0.25, 0.3) is 0 Å². The molecule has 0 heterocycles. The largest absolute Gasteiger partial charge is 0.300 e. The van der Waals surface area contributed by atoms with Crippen molar-refractivity contribution in [2.75, 3.05) is 0 Å². The second kappa shape index (κ2) is 6.30. The fraction of sp³-hybridized carbons (Fsp3) is 0.417. The average Bonchev–Trinajstić information content (AvgIpc) is 2.27. The molecule has 0 aliphatic heterocycles. The Labute approximate surface area is 107 Å². The van der Waals surface area contributed by atoms with Gasteiger partial charge in [0.15, 0.2) is 0 Å². The summed E-state index contributed by atoms with van der Waals surface area (Å²) in [6, 6.07) is 7.44. The third-order valence-electron chi connectivity index (χ3n) is 2.24. The van der Waals surface area contributed by atoms with Gasteiger partial charge in [0.1, 0.15) is 5.78 Å². The van der Waals surface area contributed by atoms with E-state index in [0.29, 0.717) is 12.8 Å². The molecule has 2 nitrogen and oxygen atoms in total. The van der Waals surface area contributed by atoms with E-state index in [2.05, 4.69) is 15.9 Å². The Morgan fingerprint density at radius 1 is 1.31 bits per heavy atom. The quantitative estimate of drug-likeness (QED) is 0.840. The van der Waals surface area contributed by atoms with Gasteiger partial charge in [0.05, 0.1) is 16.0 Å². The monoisotopic (exact) mass is 302 g/mol. The van der Waals surface area contributed by atoms with E-state index in [1.54, 1.807) is 0 Å². The van der Waals surface area contributed by atoms with Gasteiger partial charge in [0.25, 0.3) is 0 Å². The van der Waals surface area contributed by atoms with Gasteiger partial charge < -0.3 is 0 Å². The summed E-state index contributed by atoms with van der Waals surface area (Å²) in [7, 11) is -1.02. The molecule has 1 atom stereocenters. The molecular weight excluding hydrogens is 288 g/mol. The predicted octanol–water partition coefficient (Wildman–Crippen LogP) is 3.31. The Hall–Kier alpha value is -0.480. The van der Waals surface area contributed by atoms with Crippen LogP contribution in [-0.2, 0) is 15.6 Å². The Balaban J connectivity index is 0.000000606. The highest BCUT2D eigenvalue weighted by molar-refractivity contribution is 9.10. The second-order valence-electron chi connectivity index (χ2n) is 3.32. The van der Waals surface area contributed by atoms with Crippen molar-refractivity contribution < 1.29 is 9.00 Å². The third-order valence-corrected chi connectivity index (χ3v) is 4.39. The van der Waals surface area contributed by atoms with Gasteiger partial charge in [-0.1, -0.05) is 35.8 Å². The van der Waals surface area contributed by atoms with Crippen LogP contribution in [0.15, 0.2) is 33.6 Å². The maximum Gasteiger partial charge on any atom is 0.135 e. The Kier molecular flexibility index (Phi) is 5.35. The van der Waals surface area contributed by atoms with Crippen LogP contribution < -0.4 is 0 Å². The maximum absolute atomic E-state index is 11.9. The topological polar surface area (TPSA) is 34.1 Å². The lowest BCUT2D eigenvalue weighted by Gasteiger charge is -2.23. The first-order valence-electron chi connectivity index (χ1n) is 5.34. The van der Waals surface area contributed by atoms with Crippen molar-refractivity contribution in [2.24, 2.45) is 0 Å². The minimum atomic E-state index is -1.02. The van der Waals surface area contributed by atoms with Crippen LogP contribution in [0, 0.1) is 0 Å². The van der Waals surface area contributed by atoms with E-state index in [4.69, 9.17) is 0 Å². The van der Waals surface area contributed by atoms with Gasteiger partial charge in [0, 0.05) is 22.2 Å². The molecule has 0 bridgehead atoms. The molecule has 0 radical (unpaired) electrons. The van der Waals surface area contributed by atoms with Crippen LogP contribution in [0.4, 0.5) is 0 Å². The molecule has 1 fully saturated rings. The van der Waals surface area contributed by atoms with Crippen LogP contribution in [0.2, 0.25) is 0 Å². The molecule has 0 N–H and O–H groups in total. The first-order chi connectivity index (χ1) is 7.66. The first kappa shape index (κ1) is 13.6. The summed E-state index contributed by atoms with van der Waals surface area (Å²) < 4.78 is 12.8. The first-order valence-corrected chi connectivity index (χ1v) is 7.35. The maximum atomic E-state index is 11.9. The average molecular weight is 303 g/mol. The zero-order chi connectivity index (χ0) is 12.1. The van der Waals surface area contributed by atoms with Crippen molar-refractivity contribution in [3.8, 4) is 0 Å². The molecule has 0 aromatic heterocycles. The number of halogens is 1. The number of carbonyl (C=O) groups is 1. The molecule has 1 aliphatic carbocycles. The Bertz CT molecular complexity index is 396. The minimum absolute atomic E-state index is 0.0387. The van der Waals surface area contributed by atoms with Crippen molar-refractivity contribution in [1.29, 1.82) is 0 Å². The van der Waals surface area contributed by atoms with Crippen LogP contribution in [0.3, 0.4) is 0 Å². The number of ketones is 1. The van der Waals surface area contributed by atoms with E-state index >= 15 is 0 Å². The summed E-state index contributed by atoms with van der Waals surface area (Å²) in [5, 5.41) is 0.0387. The molecule has 0 spiro atoms. The second-order valence-corrected chi connectivity index (χ2v) is 5.97. The number of benzene rings is 1. The number of rotatable bonds is 2. The standard InChI is InChI=1S/C10H9BrO2S.C2H6/c11-7-2-1-3-9(4-7)14(13)10-5-8(12)6-10;1-2/h1-4,10H,5-6H2;1-2H3. The molecular formula is C12H15BrO2S. The summed E-state index contributed by atoms with van der Waals surface area (Å²) in [5.41, 5.74) is 0. The van der Waals surface area contributed by atoms with E-state index in [9.17, 15) is 9.00 Å². The minimum Gasteiger partial charge on any atom is -0.300 e. The molecule has 1 aromatic carbocycles. The predicted molar refractivity (Wildman–Crippen MR) is 69.9 cm³/mol. The van der Waals surface area contributed by atoms with E-state index < -0.39 is 10.8 Å². The van der Waals surface area contributed by atoms with E-state index in [1.807, 2.05) is 38.1 Å². The summed E-state index contributed by atoms with van der Waals surface area (Å²) >= 11 is 3.33. The van der Waals surface area contributed by atoms with E-state index in [-0.39, 0.29) is 11.0 Å². The fourth-order valence-electron chi connectivity index (χ4n) is 1.38. The number of Topliss-reactive ketones (excluding diaryl/α,β-unsaturated/α-hetero) is 1. The molecule has 16 heavy (non-hydrogen) atoms. The summed E-state index contributed by atoms with van der Waals surface area (Å²) in [6.45, 7) is 4.00. The molecule has 1 saturated carbocycles. The van der Waals surface area contributed by atoms with Crippen molar-refractivity contribution in [1.82, 2.24) is 0 Å². The summed E-state index contributed by atoms with van der Waals surface area (Å²) in [4.78, 5) is 11.6. The van der Waals surface area contributed by atoms with Crippen LogP contribution >= 0.6 is 15.9 Å². The molecule has 2 rings (SSSR count). The number of hydrogen-bond acceptors (Lipinski definition) is 2. The zero-order valence-electron chi connectivity index (χ0n) is 9.40. The van der Waals surface area contributed by atoms with E-state index in [1.165, 1.54) is 0 Å². The Morgan fingerprint density at radius 2 is 1.94 bits per heavy atom. The lowest BCUT2D eigenvalue weighted by atomic mass is 9.98. The van der Waals surface area contributed by atoms with Crippen LogP contribution in [-0.4, -0.2) is 15.2 Å². The molecule has 1 aromatic rings. The highest BCUT2D eigenvalue weighted by atomic mass is 79.9. The molecule has 0 saturated heterocycles. The van der Waals surface area contributed by atoms with Crippen molar-refractivity contribution in [3.63, 3.8) is 0 Å². The molecule has 1 unspecified atom stereocenters. The van der Waals surface area contributed by atoms with Crippen LogP contribution in [0.1, 0.15) is 26.7 Å². The highest BCUT2D eigenvalue weighted by Crippen LogP contribution is 2.26. The lowest BCUT2D eigenvalue weighted by molar-refractivity contribution is -0.123. The van der Waals surface area contributed by atoms with Crippen molar-refractivity contribution in [2.45, 2.75) is 36.8 Å². The molecule has 88 valence electrons. The van der Waals surface area contributed by atoms with Crippen molar-refractivity contribution in [3.05, 3.63) is 28.7 Å². The smallest absolute Gasteiger partial charge is 0.135 e. The zero-order valence-corrected chi connectivity index (χ0v) is 11.8.